The zero-order valence-electron chi connectivity index (χ0n) is 24.6. The van der Waals surface area contributed by atoms with Crippen molar-refractivity contribution in [1.82, 2.24) is 10.2 Å². The molecule has 224 valence electrons. The molecule has 0 unspecified atom stereocenters. The minimum Gasteiger partial charge on any atom is -0.454 e. The lowest BCUT2D eigenvalue weighted by atomic mass is 10.0. The van der Waals surface area contributed by atoms with Gasteiger partial charge in [0.15, 0.2) is 11.5 Å². The number of nitrogens with one attached hydrogen (secondary N) is 1. The summed E-state index contributed by atoms with van der Waals surface area (Å²) in [4.78, 5) is 29.5. The molecule has 0 fully saturated rings. The van der Waals surface area contributed by atoms with Crippen LogP contribution in [0.15, 0.2) is 72.8 Å². The summed E-state index contributed by atoms with van der Waals surface area (Å²) in [6.45, 7) is 7.63. The molecule has 0 spiro atoms. The summed E-state index contributed by atoms with van der Waals surface area (Å²) >= 11 is 0. The number of nitrogens with zero attached hydrogens (tertiary/aromatic N) is 2. The summed E-state index contributed by atoms with van der Waals surface area (Å²) in [5.74, 6) is 0.124. The summed E-state index contributed by atoms with van der Waals surface area (Å²) in [7, 11) is -3.88. The fourth-order valence-corrected chi connectivity index (χ4v) is 5.80. The Kier molecular flexibility index (Phi) is 10.1. The van der Waals surface area contributed by atoms with E-state index >= 15 is 0 Å². The van der Waals surface area contributed by atoms with Crippen molar-refractivity contribution in [3.8, 4) is 11.5 Å². The Morgan fingerprint density at radius 1 is 0.929 bits per heavy atom. The first-order valence-electron chi connectivity index (χ1n) is 14.1. The van der Waals surface area contributed by atoms with Crippen LogP contribution in [-0.4, -0.2) is 56.8 Å². The lowest BCUT2D eigenvalue weighted by molar-refractivity contribution is -0.140. The van der Waals surface area contributed by atoms with Gasteiger partial charge in [-0.15, -0.1) is 0 Å². The van der Waals surface area contributed by atoms with E-state index in [9.17, 15) is 18.0 Å². The average molecular weight is 594 g/mol. The van der Waals surface area contributed by atoms with E-state index in [-0.39, 0.29) is 43.0 Å². The number of rotatable bonds is 13. The highest BCUT2D eigenvalue weighted by Gasteiger charge is 2.34. The molecule has 3 aromatic carbocycles. The lowest BCUT2D eigenvalue weighted by Gasteiger charge is -2.34. The summed E-state index contributed by atoms with van der Waals surface area (Å²) in [6, 6.07) is 21.1. The lowest BCUT2D eigenvalue weighted by Crippen LogP contribution is -2.54. The molecule has 1 N–H and O–H groups in total. The van der Waals surface area contributed by atoms with Crippen LogP contribution in [0.2, 0.25) is 0 Å². The van der Waals surface area contributed by atoms with E-state index in [0.717, 1.165) is 21.0 Å². The average Bonchev–Trinajstić information content (AvgIpc) is 3.45. The smallest absolute Gasteiger partial charge is 0.244 e. The van der Waals surface area contributed by atoms with E-state index in [1.54, 1.807) is 18.2 Å². The Labute approximate surface area is 248 Å². The van der Waals surface area contributed by atoms with Crippen LogP contribution < -0.4 is 19.1 Å². The molecule has 42 heavy (non-hydrogen) atoms. The number of hydrogen-bond donors (Lipinski definition) is 1. The van der Waals surface area contributed by atoms with Crippen molar-refractivity contribution in [2.75, 3.05) is 29.9 Å². The minimum absolute atomic E-state index is 0.0369. The van der Waals surface area contributed by atoms with Crippen LogP contribution in [0.3, 0.4) is 0 Å². The van der Waals surface area contributed by atoms with Crippen LogP contribution >= 0.6 is 0 Å². The maximum absolute atomic E-state index is 14.3. The number of fused-ring (bicyclic) bond motifs is 1. The van der Waals surface area contributed by atoms with E-state index in [1.807, 2.05) is 75.4 Å². The molecule has 0 aliphatic carbocycles. The van der Waals surface area contributed by atoms with Gasteiger partial charge in [-0.2, -0.15) is 0 Å². The van der Waals surface area contributed by atoms with Crippen LogP contribution in [0, 0.1) is 12.8 Å². The summed E-state index contributed by atoms with van der Waals surface area (Å²) in [5.41, 5.74) is 3.03. The predicted molar refractivity (Wildman–Crippen MR) is 163 cm³/mol. The van der Waals surface area contributed by atoms with Gasteiger partial charge >= 0.3 is 0 Å². The predicted octanol–water partition coefficient (Wildman–Crippen LogP) is 4.29. The van der Waals surface area contributed by atoms with Gasteiger partial charge in [0.05, 0.1) is 11.4 Å². The maximum Gasteiger partial charge on any atom is 0.244 e. The molecular weight excluding hydrogens is 554 g/mol. The molecule has 1 aliphatic heterocycles. The van der Waals surface area contributed by atoms with Crippen LogP contribution in [0.4, 0.5) is 5.69 Å². The molecule has 0 bridgehead atoms. The van der Waals surface area contributed by atoms with Crippen LogP contribution in [0.25, 0.3) is 0 Å². The molecule has 1 aliphatic rings. The number of carbonyl (C=O) groups is 2. The second-order valence-corrected chi connectivity index (χ2v) is 13.0. The largest absolute Gasteiger partial charge is 0.454 e. The third-order valence-corrected chi connectivity index (χ3v) is 8.76. The van der Waals surface area contributed by atoms with E-state index in [1.165, 1.54) is 11.8 Å². The molecule has 10 heteroatoms. The topological polar surface area (TPSA) is 105 Å². The molecule has 0 aromatic heterocycles. The fourth-order valence-electron chi connectivity index (χ4n) is 4.74. The third-order valence-electron chi connectivity index (χ3n) is 7.01. The van der Waals surface area contributed by atoms with Crippen LogP contribution in [0.1, 0.15) is 37.5 Å². The van der Waals surface area contributed by atoms with Crippen molar-refractivity contribution in [1.29, 1.82) is 0 Å². The minimum atomic E-state index is -3.88. The van der Waals surface area contributed by atoms with Gasteiger partial charge < -0.3 is 19.7 Å². The third kappa shape index (κ3) is 7.82. The SMILES string of the molecule is CCS(=O)(=O)N(CC(=O)N(Cc1cccc(C)c1)[C@@H](Cc1ccccc1)C(=O)NCC(C)C)c1ccc2c(c1)OCO2. The number of sulfonamides is 1. The van der Waals surface area contributed by atoms with Gasteiger partial charge in [0, 0.05) is 25.6 Å². The standard InChI is InChI=1S/C32H39N3O6S/c1-5-42(38,39)35(27-14-15-29-30(18-27)41-22-40-29)21-31(36)34(20-26-13-9-10-24(4)16-26)28(32(37)33-19-23(2)3)17-25-11-7-6-8-12-25/h6-16,18,23,28H,5,17,19-22H2,1-4H3,(H,33,37)/t28-/m0/s1. The van der Waals surface area contributed by atoms with Gasteiger partial charge in [0.1, 0.15) is 12.6 Å². The normalized spacial score (nSPS) is 13.1. The monoisotopic (exact) mass is 593 g/mol. The summed E-state index contributed by atoms with van der Waals surface area (Å²) < 4.78 is 38.6. The summed E-state index contributed by atoms with van der Waals surface area (Å²) in [5, 5.41) is 2.99. The van der Waals surface area contributed by atoms with Gasteiger partial charge in [-0.05, 0) is 43.0 Å². The Hall–Kier alpha value is -4.05. The zero-order valence-corrected chi connectivity index (χ0v) is 25.4. The van der Waals surface area contributed by atoms with Crippen molar-refractivity contribution < 1.29 is 27.5 Å². The molecule has 2 amide bonds. The number of hydrogen-bond acceptors (Lipinski definition) is 6. The molecule has 0 radical (unpaired) electrons. The van der Waals surface area contributed by atoms with Gasteiger partial charge in [-0.3, -0.25) is 13.9 Å². The van der Waals surface area contributed by atoms with Crippen molar-refractivity contribution in [3.63, 3.8) is 0 Å². The Morgan fingerprint density at radius 2 is 1.64 bits per heavy atom. The van der Waals surface area contributed by atoms with E-state index in [4.69, 9.17) is 9.47 Å². The molecule has 1 heterocycles. The Morgan fingerprint density at radius 3 is 2.33 bits per heavy atom. The number of carbonyl (C=O) groups excluding carboxylic acids is 2. The zero-order chi connectivity index (χ0) is 30.3. The second-order valence-electron chi connectivity index (χ2n) is 10.8. The Bertz CT molecular complexity index is 1490. The number of benzene rings is 3. The van der Waals surface area contributed by atoms with Crippen LogP contribution in [0.5, 0.6) is 11.5 Å². The summed E-state index contributed by atoms with van der Waals surface area (Å²) in [6.07, 6.45) is 0.271. The van der Waals surface area contributed by atoms with Gasteiger partial charge in [0.2, 0.25) is 28.6 Å². The molecule has 4 rings (SSSR count). The molecule has 0 saturated heterocycles. The quantitative estimate of drug-likeness (QED) is 0.317. The maximum atomic E-state index is 14.3. The van der Waals surface area contributed by atoms with Gasteiger partial charge in [0.25, 0.3) is 0 Å². The van der Waals surface area contributed by atoms with Crippen molar-refractivity contribution >= 4 is 27.5 Å². The van der Waals surface area contributed by atoms with Crippen molar-refractivity contribution in [2.24, 2.45) is 5.92 Å². The Balaban J connectivity index is 1.74. The molecule has 3 aromatic rings. The van der Waals surface area contributed by atoms with E-state index in [0.29, 0.717) is 18.0 Å². The first kappa shape index (κ1) is 30.9. The number of aryl methyl sites for hydroxylation is 1. The number of amides is 2. The number of anilines is 1. The highest BCUT2D eigenvalue weighted by atomic mass is 32.2. The van der Waals surface area contributed by atoms with Gasteiger partial charge in [-0.25, -0.2) is 8.42 Å². The highest BCUT2D eigenvalue weighted by molar-refractivity contribution is 7.92. The van der Waals surface area contributed by atoms with Crippen molar-refractivity contribution in [2.45, 2.75) is 46.7 Å². The first-order chi connectivity index (χ1) is 20.1. The number of ether oxygens (including phenoxy) is 2. The van der Waals surface area contributed by atoms with Crippen LogP contribution in [-0.2, 0) is 32.6 Å². The van der Waals surface area contributed by atoms with E-state index < -0.39 is 28.5 Å². The second kappa shape index (κ2) is 13.7. The molecule has 1 atom stereocenters. The molecule has 0 saturated carbocycles. The highest BCUT2D eigenvalue weighted by Crippen LogP contribution is 2.36. The molecular formula is C32H39N3O6S. The van der Waals surface area contributed by atoms with E-state index in [2.05, 4.69) is 5.32 Å². The fraction of sp³-hybridized carbons (Fsp3) is 0.375. The van der Waals surface area contributed by atoms with Gasteiger partial charge in [-0.1, -0.05) is 74.0 Å². The van der Waals surface area contributed by atoms with Crippen molar-refractivity contribution in [3.05, 3.63) is 89.5 Å². The first-order valence-corrected chi connectivity index (χ1v) is 15.7. The molecule has 9 nitrogen and oxygen atoms in total.